The normalized spacial score (nSPS) is 31.3. The van der Waals surface area contributed by atoms with Crippen molar-refractivity contribution in [2.24, 2.45) is 11.8 Å². The number of nitrogens with one attached hydrogen (secondary N) is 3. The molecule has 3 N–H and O–H groups in total. The van der Waals surface area contributed by atoms with Gasteiger partial charge < -0.3 is 34.1 Å². The van der Waals surface area contributed by atoms with Gasteiger partial charge in [-0.1, -0.05) is 0 Å². The molecule has 6 atom stereocenters. The van der Waals surface area contributed by atoms with E-state index < -0.39 is 12.1 Å². The number of carbonyl (C=O) groups excluding carboxylic acids is 6. The molecule has 0 bridgehead atoms. The third-order valence-corrected chi connectivity index (χ3v) is 16.5. The fraction of sp³-hybridized carbons (Fsp3) is 0.660. The van der Waals surface area contributed by atoms with Crippen LogP contribution in [-0.2, 0) is 41.7 Å². The van der Waals surface area contributed by atoms with E-state index in [4.69, 9.17) is 18.9 Å². The van der Waals surface area contributed by atoms with Gasteiger partial charge in [0, 0.05) is 69.9 Å². The number of ether oxygens (including phenoxy) is 4. The van der Waals surface area contributed by atoms with Crippen LogP contribution in [0, 0.1) is 11.8 Å². The second-order valence-corrected chi connectivity index (χ2v) is 20.9. The van der Waals surface area contributed by atoms with E-state index in [-0.39, 0.29) is 60.5 Å². The van der Waals surface area contributed by atoms with E-state index in [9.17, 15) is 28.8 Å². The van der Waals surface area contributed by atoms with E-state index in [0.717, 1.165) is 106 Å². The first kappa shape index (κ1) is 49.1. The van der Waals surface area contributed by atoms with Gasteiger partial charge in [-0.3, -0.25) is 44.3 Å². The monoisotopic (exact) mass is 953 g/mol. The molecule has 8 aliphatic rings. The number of likely N-dealkylation sites (N-methyl/N-ethyl adjacent to an activating group) is 1. The predicted molar refractivity (Wildman–Crippen MR) is 255 cm³/mol. The molecule has 16 nitrogen and oxygen atoms in total. The highest BCUT2D eigenvalue weighted by atomic mass is 16.5. The van der Waals surface area contributed by atoms with Crippen LogP contribution >= 0.6 is 0 Å². The average Bonchev–Trinajstić information content (AvgIpc) is 4.15. The molecule has 4 aliphatic heterocycles. The Labute approximate surface area is 406 Å². The second-order valence-electron chi connectivity index (χ2n) is 20.9. The van der Waals surface area contributed by atoms with Gasteiger partial charge in [-0.15, -0.1) is 0 Å². The summed E-state index contributed by atoms with van der Waals surface area (Å²) < 4.78 is 23.9. The number of fused-ring (bicyclic) bond motifs is 2. The van der Waals surface area contributed by atoms with E-state index in [1.54, 1.807) is 9.80 Å². The minimum absolute atomic E-state index is 0.122. The molecule has 69 heavy (non-hydrogen) atoms. The predicted octanol–water partition coefficient (Wildman–Crippen LogP) is 5.43. The number of amides is 6. The zero-order chi connectivity index (χ0) is 48.2. The summed E-state index contributed by atoms with van der Waals surface area (Å²) in [5.74, 6) is 1.36. The Hall–Kier alpha value is -4.90. The number of methoxy groups -OCH3 is 2. The van der Waals surface area contributed by atoms with Gasteiger partial charge in [-0.05, 0) is 176 Å². The summed E-state index contributed by atoms with van der Waals surface area (Å²) in [5, 5.41) is 8.48. The summed E-state index contributed by atoms with van der Waals surface area (Å²) in [7, 11) is 5.86. The molecule has 4 saturated carbocycles. The topological polar surface area (TPSA) is 185 Å². The van der Waals surface area contributed by atoms with Crippen LogP contribution in [0.4, 0.5) is 0 Å². The Balaban J connectivity index is 0.000000172. The number of nitrogens with zero attached hydrogens (tertiary/aromatic N) is 3. The standard InChI is InChI=1S/C27H37N3O5.C26H35N3O5/c1-29(15-17-6-8-19(34-2)9-7-17)22-4-3-5-24(22)35-20-10-11-21-18(14-20)16-30(27(21)33)23-12-13-25(31)28-26(23)32;1-33-18-7-5-16(6-8-18)14-27-21-3-2-4-23(21)34-19-9-10-20-17(13-19)15-29(26(20)32)22-11-12-24(30)28-25(22)31/h10-11,14,17,19,22-24H,3-9,12-13,15-16H2,1-2H3,(H,28,31,32);9-10,13,16,18,21-23,27H,2-8,11-12,14-15H2,1H3,(H,28,30,31)/t17?,19?,22-,23?,24-;16?,18?,21-,22?,23-/m00/s1. The van der Waals surface area contributed by atoms with Gasteiger partial charge in [0.1, 0.15) is 35.8 Å². The number of hydrogen-bond donors (Lipinski definition) is 3. The van der Waals surface area contributed by atoms with Gasteiger partial charge in [-0.2, -0.15) is 0 Å². The second kappa shape index (κ2) is 22.0. The van der Waals surface area contributed by atoms with Crippen molar-refractivity contribution >= 4 is 35.4 Å². The van der Waals surface area contributed by atoms with Crippen molar-refractivity contribution in [3.63, 3.8) is 0 Å². The van der Waals surface area contributed by atoms with Crippen molar-refractivity contribution in [2.45, 2.75) is 177 Å². The Kier molecular flexibility index (Phi) is 15.7. The van der Waals surface area contributed by atoms with E-state index >= 15 is 0 Å². The zero-order valence-corrected chi connectivity index (χ0v) is 40.7. The molecule has 10 rings (SSSR count). The summed E-state index contributed by atoms with van der Waals surface area (Å²) in [4.78, 5) is 79.0. The number of benzene rings is 2. The van der Waals surface area contributed by atoms with Crippen LogP contribution in [-0.4, -0.2) is 133 Å². The Morgan fingerprint density at radius 1 is 0.594 bits per heavy atom. The highest BCUT2D eigenvalue weighted by Crippen LogP contribution is 2.36. The van der Waals surface area contributed by atoms with Gasteiger partial charge in [-0.25, -0.2) is 0 Å². The molecule has 0 aromatic heterocycles. The van der Waals surface area contributed by atoms with Gasteiger partial charge in [0.25, 0.3) is 11.8 Å². The summed E-state index contributed by atoms with van der Waals surface area (Å²) in [6.07, 6.45) is 18.5. The van der Waals surface area contributed by atoms with Gasteiger partial charge in [0.15, 0.2) is 0 Å². The van der Waals surface area contributed by atoms with E-state index in [1.807, 2.05) is 50.6 Å². The molecule has 6 fully saturated rings. The van der Waals surface area contributed by atoms with Crippen LogP contribution < -0.4 is 25.4 Å². The Bertz CT molecular complexity index is 2220. The zero-order valence-electron chi connectivity index (χ0n) is 40.7. The summed E-state index contributed by atoms with van der Waals surface area (Å²) in [5.41, 5.74) is 3.00. The molecule has 2 saturated heterocycles. The van der Waals surface area contributed by atoms with Crippen molar-refractivity contribution in [1.82, 2.24) is 30.7 Å². The average molecular weight is 953 g/mol. The molecule has 2 aromatic rings. The molecular weight excluding hydrogens is 881 g/mol. The minimum Gasteiger partial charge on any atom is -0.489 e. The van der Waals surface area contributed by atoms with Gasteiger partial charge in [0.2, 0.25) is 23.6 Å². The number of carbonyl (C=O) groups is 6. The first-order valence-electron chi connectivity index (χ1n) is 25.8. The van der Waals surface area contributed by atoms with E-state index in [1.165, 1.54) is 25.7 Å². The third kappa shape index (κ3) is 11.3. The summed E-state index contributed by atoms with van der Waals surface area (Å²) in [6.45, 7) is 2.87. The Morgan fingerprint density at radius 3 is 1.61 bits per heavy atom. The van der Waals surface area contributed by atoms with Crippen LogP contribution in [0.5, 0.6) is 11.5 Å². The molecule has 4 heterocycles. The highest BCUT2D eigenvalue weighted by Gasteiger charge is 2.42. The van der Waals surface area contributed by atoms with Gasteiger partial charge in [0.05, 0.1) is 12.2 Å². The lowest BCUT2D eigenvalue weighted by molar-refractivity contribution is -0.138. The van der Waals surface area contributed by atoms with Crippen LogP contribution in [0.15, 0.2) is 36.4 Å². The number of rotatable bonds is 14. The largest absolute Gasteiger partial charge is 0.489 e. The van der Waals surface area contributed by atoms with Crippen molar-refractivity contribution in [3.8, 4) is 11.5 Å². The molecule has 6 amide bonds. The van der Waals surface area contributed by atoms with Crippen molar-refractivity contribution in [3.05, 3.63) is 58.7 Å². The molecule has 4 aliphatic carbocycles. The highest BCUT2D eigenvalue weighted by molar-refractivity contribution is 6.06. The fourth-order valence-electron chi connectivity index (χ4n) is 12.4. The molecule has 374 valence electrons. The maximum Gasteiger partial charge on any atom is 0.255 e. The molecule has 0 spiro atoms. The fourth-order valence-corrected chi connectivity index (χ4v) is 12.4. The first-order valence-corrected chi connectivity index (χ1v) is 25.8. The van der Waals surface area contributed by atoms with Crippen molar-refractivity contribution in [1.29, 1.82) is 0 Å². The van der Waals surface area contributed by atoms with E-state index in [0.29, 0.717) is 67.3 Å². The van der Waals surface area contributed by atoms with Gasteiger partial charge >= 0.3 is 0 Å². The van der Waals surface area contributed by atoms with Crippen LogP contribution in [0.1, 0.15) is 147 Å². The lowest BCUT2D eigenvalue weighted by atomic mass is 9.87. The number of imide groups is 2. The molecular formula is C53H72N6O10. The maximum atomic E-state index is 13.0. The summed E-state index contributed by atoms with van der Waals surface area (Å²) >= 11 is 0. The SMILES string of the molecule is COC1CCC(CN(C)[C@H]2CCC[C@@H]2Oc2ccc3c(c2)CN(C2CCC(=O)NC2=O)C3=O)CC1.COC1CCC(CN[C@H]2CCC[C@@H]2Oc2ccc3c(c2)CN(C2CCC(=O)NC2=O)C3=O)CC1. The molecule has 16 heteroatoms. The minimum atomic E-state index is -0.594. The quantitative estimate of drug-likeness (QED) is 0.205. The Morgan fingerprint density at radius 2 is 1.09 bits per heavy atom. The molecule has 0 radical (unpaired) electrons. The number of hydrogen-bond acceptors (Lipinski definition) is 12. The van der Waals surface area contributed by atoms with Crippen LogP contribution in [0.3, 0.4) is 0 Å². The summed E-state index contributed by atoms with van der Waals surface area (Å²) in [6, 6.07) is 10.8. The maximum absolute atomic E-state index is 13.0. The lowest BCUT2D eigenvalue weighted by Gasteiger charge is -2.35. The van der Waals surface area contributed by atoms with Crippen molar-refractivity contribution in [2.75, 3.05) is 34.4 Å². The van der Waals surface area contributed by atoms with Crippen molar-refractivity contribution < 1.29 is 47.7 Å². The van der Waals surface area contributed by atoms with E-state index in [2.05, 4.69) is 27.9 Å². The molecule has 2 aromatic carbocycles. The lowest BCUT2D eigenvalue weighted by Crippen LogP contribution is -2.52. The van der Waals surface area contributed by atoms with Crippen LogP contribution in [0.25, 0.3) is 0 Å². The smallest absolute Gasteiger partial charge is 0.255 e. The number of piperidine rings is 2. The third-order valence-electron chi connectivity index (χ3n) is 16.5. The first-order chi connectivity index (χ1) is 33.4. The van der Waals surface area contributed by atoms with Crippen LogP contribution in [0.2, 0.25) is 0 Å². The molecule has 2 unspecified atom stereocenters.